The molecule has 0 aliphatic rings. The highest BCUT2D eigenvalue weighted by Crippen LogP contribution is 2.32. The third-order valence-corrected chi connectivity index (χ3v) is 3.57. The molecule has 0 aliphatic carbocycles. The lowest BCUT2D eigenvalue weighted by Crippen LogP contribution is -2.18. The summed E-state index contributed by atoms with van der Waals surface area (Å²) in [4.78, 5) is 11.5. The number of phenolic OH excluding ortho intramolecular Hbond substituents is 1. The maximum absolute atomic E-state index is 11.5. The van der Waals surface area contributed by atoms with E-state index in [9.17, 15) is 9.90 Å². The Bertz CT molecular complexity index is 717. The van der Waals surface area contributed by atoms with E-state index in [1.165, 1.54) is 6.21 Å². The van der Waals surface area contributed by atoms with Gasteiger partial charge in [0.25, 0.3) is 5.56 Å². The largest absolute Gasteiger partial charge is 0.506 e. The van der Waals surface area contributed by atoms with Crippen LogP contribution < -0.4 is 5.56 Å². The number of hydrogen-bond acceptors (Lipinski definition) is 5. The molecule has 1 aromatic carbocycles. The molecule has 0 unspecified atom stereocenters. The van der Waals surface area contributed by atoms with Crippen molar-refractivity contribution in [3.05, 3.63) is 48.0 Å². The van der Waals surface area contributed by atoms with Gasteiger partial charge in [-0.1, -0.05) is 0 Å². The van der Waals surface area contributed by atoms with Crippen LogP contribution in [0.4, 0.5) is 0 Å². The van der Waals surface area contributed by atoms with E-state index in [1.807, 2.05) is 0 Å². The average molecular weight is 406 g/mol. The molecule has 0 aliphatic heterocycles. The average Bonchev–Trinajstić information content (AvgIpc) is 2.35. The van der Waals surface area contributed by atoms with Crippen molar-refractivity contribution in [3.63, 3.8) is 0 Å². The minimum absolute atomic E-state index is 0.0931. The number of aromatic amines is 1. The zero-order chi connectivity index (χ0) is 14.0. The van der Waals surface area contributed by atoms with E-state index in [4.69, 9.17) is 12.2 Å². The molecule has 0 saturated heterocycles. The SMILES string of the molecule is O=c1cn[nH]c(=S)n1N=Cc1cc(Br)c(O)c(Br)c1. The first-order chi connectivity index (χ1) is 8.99. The number of nitrogens with one attached hydrogen (secondary N) is 1. The minimum atomic E-state index is -0.433. The second-order valence-corrected chi connectivity index (χ2v) is 5.50. The molecule has 6 nitrogen and oxygen atoms in total. The summed E-state index contributed by atoms with van der Waals surface area (Å²) in [5, 5.41) is 19.6. The van der Waals surface area contributed by atoms with Crippen LogP contribution in [0, 0.1) is 4.77 Å². The van der Waals surface area contributed by atoms with E-state index in [1.54, 1.807) is 12.1 Å². The molecule has 2 N–H and O–H groups in total. The van der Waals surface area contributed by atoms with Gasteiger partial charge in [-0.2, -0.15) is 14.9 Å². The summed E-state index contributed by atoms with van der Waals surface area (Å²) < 4.78 is 2.13. The summed E-state index contributed by atoms with van der Waals surface area (Å²) in [7, 11) is 0. The fourth-order valence-corrected chi connectivity index (χ4v) is 2.65. The number of halogens is 2. The van der Waals surface area contributed by atoms with E-state index in [0.29, 0.717) is 14.5 Å². The van der Waals surface area contributed by atoms with E-state index in [-0.39, 0.29) is 10.5 Å². The van der Waals surface area contributed by atoms with Gasteiger partial charge in [-0.05, 0) is 61.8 Å². The number of H-pyrrole nitrogens is 1. The van der Waals surface area contributed by atoms with Crippen LogP contribution in [0.2, 0.25) is 0 Å². The second kappa shape index (κ2) is 5.76. The molecular formula is C10H6Br2N4O2S. The number of benzene rings is 1. The Labute approximate surface area is 129 Å². The van der Waals surface area contributed by atoms with E-state index >= 15 is 0 Å². The van der Waals surface area contributed by atoms with Crippen molar-refractivity contribution in [1.29, 1.82) is 0 Å². The predicted octanol–water partition coefficient (Wildman–Crippen LogP) is 2.41. The monoisotopic (exact) mass is 404 g/mol. The van der Waals surface area contributed by atoms with Gasteiger partial charge in [0.1, 0.15) is 11.9 Å². The Morgan fingerprint density at radius 1 is 1.42 bits per heavy atom. The molecule has 2 aromatic rings. The fraction of sp³-hybridized carbons (Fsp3) is 0. The lowest BCUT2D eigenvalue weighted by molar-refractivity contribution is 0.468. The Kier molecular flexibility index (Phi) is 4.27. The van der Waals surface area contributed by atoms with Crippen molar-refractivity contribution >= 4 is 50.3 Å². The van der Waals surface area contributed by atoms with Crippen molar-refractivity contribution in [2.45, 2.75) is 0 Å². The minimum Gasteiger partial charge on any atom is -0.506 e. The molecule has 0 saturated carbocycles. The van der Waals surface area contributed by atoms with Gasteiger partial charge in [0.05, 0.1) is 15.2 Å². The molecule has 19 heavy (non-hydrogen) atoms. The summed E-state index contributed by atoms with van der Waals surface area (Å²) >= 11 is 11.3. The lowest BCUT2D eigenvalue weighted by atomic mass is 10.2. The Morgan fingerprint density at radius 2 is 2.05 bits per heavy atom. The summed E-state index contributed by atoms with van der Waals surface area (Å²) in [6.45, 7) is 0. The summed E-state index contributed by atoms with van der Waals surface area (Å²) in [6.07, 6.45) is 2.52. The standard InChI is InChI=1S/C10H6Br2N4O2S/c11-6-1-5(2-7(12)9(6)18)3-14-16-8(17)4-13-15-10(16)19/h1-4,18H,(H,15,19). The molecule has 2 rings (SSSR count). The molecular weight excluding hydrogens is 400 g/mol. The fourth-order valence-electron chi connectivity index (χ4n) is 1.24. The summed E-state index contributed by atoms with van der Waals surface area (Å²) in [5.74, 6) is 0.0931. The van der Waals surface area contributed by atoms with E-state index in [2.05, 4.69) is 47.2 Å². The van der Waals surface area contributed by atoms with Crippen molar-refractivity contribution < 1.29 is 5.11 Å². The lowest BCUT2D eigenvalue weighted by Gasteiger charge is -2.02. The molecule has 0 amide bonds. The Balaban J connectivity index is 2.44. The normalized spacial score (nSPS) is 11.1. The first-order valence-electron chi connectivity index (χ1n) is 4.88. The van der Waals surface area contributed by atoms with E-state index in [0.717, 1.165) is 10.9 Å². The van der Waals surface area contributed by atoms with Crippen LogP contribution >= 0.6 is 44.1 Å². The van der Waals surface area contributed by atoms with Crippen molar-refractivity contribution in [2.24, 2.45) is 5.10 Å². The van der Waals surface area contributed by atoms with Crippen LogP contribution in [0.3, 0.4) is 0 Å². The van der Waals surface area contributed by atoms with Crippen molar-refractivity contribution in [3.8, 4) is 5.75 Å². The van der Waals surface area contributed by atoms with Gasteiger partial charge in [0.15, 0.2) is 0 Å². The van der Waals surface area contributed by atoms with Crippen LogP contribution in [0.25, 0.3) is 0 Å². The van der Waals surface area contributed by atoms with Crippen molar-refractivity contribution in [2.75, 3.05) is 0 Å². The maximum Gasteiger partial charge on any atom is 0.293 e. The number of aromatic hydroxyl groups is 1. The van der Waals surface area contributed by atoms with Crippen LogP contribution in [0.5, 0.6) is 5.75 Å². The Hall–Kier alpha value is -1.32. The molecule has 0 radical (unpaired) electrons. The molecule has 0 bridgehead atoms. The van der Waals surface area contributed by atoms with Gasteiger partial charge in [-0.15, -0.1) is 0 Å². The molecule has 98 valence electrons. The first-order valence-corrected chi connectivity index (χ1v) is 6.87. The quantitative estimate of drug-likeness (QED) is 0.593. The molecule has 1 aromatic heterocycles. The Morgan fingerprint density at radius 3 is 2.63 bits per heavy atom. The van der Waals surface area contributed by atoms with E-state index < -0.39 is 5.56 Å². The molecule has 0 spiro atoms. The number of nitrogens with zero attached hydrogens (tertiary/aromatic N) is 3. The molecule has 1 heterocycles. The van der Waals surface area contributed by atoms with Crippen LogP contribution in [-0.4, -0.2) is 26.2 Å². The first kappa shape index (κ1) is 14.1. The highest BCUT2D eigenvalue weighted by Gasteiger charge is 2.04. The smallest absolute Gasteiger partial charge is 0.293 e. The summed E-state index contributed by atoms with van der Waals surface area (Å²) in [6, 6.07) is 3.31. The predicted molar refractivity (Wildman–Crippen MR) is 80.2 cm³/mol. The topological polar surface area (TPSA) is 83.3 Å². The van der Waals surface area contributed by atoms with Crippen LogP contribution in [0.15, 0.2) is 37.2 Å². The second-order valence-electron chi connectivity index (χ2n) is 3.40. The van der Waals surface area contributed by atoms with Gasteiger partial charge in [-0.3, -0.25) is 9.89 Å². The number of hydrogen-bond donors (Lipinski definition) is 2. The number of phenols is 1. The van der Waals surface area contributed by atoms with Gasteiger partial charge < -0.3 is 5.11 Å². The third-order valence-electron chi connectivity index (χ3n) is 2.10. The third kappa shape index (κ3) is 3.17. The number of rotatable bonds is 2. The maximum atomic E-state index is 11.5. The molecule has 0 fully saturated rings. The zero-order valence-corrected chi connectivity index (χ0v) is 13.2. The molecule has 9 heteroatoms. The summed E-state index contributed by atoms with van der Waals surface area (Å²) in [5.41, 5.74) is 0.242. The van der Waals surface area contributed by atoms with Crippen LogP contribution in [0.1, 0.15) is 5.56 Å². The highest BCUT2D eigenvalue weighted by atomic mass is 79.9. The van der Waals surface area contributed by atoms with Crippen molar-refractivity contribution in [1.82, 2.24) is 14.9 Å². The highest BCUT2D eigenvalue weighted by molar-refractivity contribution is 9.11. The van der Waals surface area contributed by atoms with Gasteiger partial charge in [-0.25, -0.2) is 0 Å². The van der Waals surface area contributed by atoms with Crippen LogP contribution in [-0.2, 0) is 0 Å². The van der Waals surface area contributed by atoms with Gasteiger partial charge >= 0.3 is 0 Å². The number of aromatic nitrogens is 3. The van der Waals surface area contributed by atoms with Gasteiger partial charge in [0, 0.05) is 0 Å². The molecule has 0 atom stereocenters. The zero-order valence-electron chi connectivity index (χ0n) is 9.17. The van der Waals surface area contributed by atoms with Gasteiger partial charge in [0.2, 0.25) is 4.77 Å².